The quantitative estimate of drug-likeness (QED) is 0.846. The number of carbonyl (C=O) groups is 1. The lowest BCUT2D eigenvalue weighted by atomic mass is 10.1. The number of carbonyl (C=O) groups excluding carboxylic acids is 1. The average Bonchev–Trinajstić information content (AvgIpc) is 2.63. The second-order valence-corrected chi connectivity index (χ2v) is 8.09. The van der Waals surface area contributed by atoms with Crippen LogP contribution in [-0.2, 0) is 6.54 Å². The fraction of sp³-hybridized carbons (Fsp3) is 0.429. The predicted molar refractivity (Wildman–Crippen MR) is 110 cm³/mol. The molecule has 2 N–H and O–H groups in total. The summed E-state index contributed by atoms with van der Waals surface area (Å²) in [5.74, 6) is 0.734. The van der Waals surface area contributed by atoms with Crippen molar-refractivity contribution in [2.75, 3.05) is 36.4 Å². The molecule has 3 rings (SSSR count). The highest BCUT2D eigenvalue weighted by atomic mass is 19.1. The van der Waals surface area contributed by atoms with E-state index in [1.54, 1.807) is 12.3 Å². The first-order valence-electron chi connectivity index (χ1n) is 9.56. The van der Waals surface area contributed by atoms with Crippen LogP contribution in [-0.4, -0.2) is 47.6 Å². The molecule has 1 aromatic heterocycles. The number of nitrogens with zero attached hydrogens (tertiary/aromatic N) is 3. The minimum atomic E-state index is -0.292. The SMILES string of the molecule is CC(C)(C)NC(=O)Nc1ccc(N2CCN(Cc3ccccc3F)CC2)nc1. The summed E-state index contributed by atoms with van der Waals surface area (Å²) in [6.45, 7) is 9.78. The number of piperazine rings is 1. The Morgan fingerprint density at radius 2 is 1.82 bits per heavy atom. The van der Waals surface area contributed by atoms with Crippen molar-refractivity contribution in [3.05, 3.63) is 54.0 Å². The van der Waals surface area contributed by atoms with Gasteiger partial charge < -0.3 is 15.5 Å². The summed E-state index contributed by atoms with van der Waals surface area (Å²) in [6, 6.07) is 10.5. The first-order valence-corrected chi connectivity index (χ1v) is 9.56. The highest BCUT2D eigenvalue weighted by molar-refractivity contribution is 5.89. The maximum atomic E-state index is 13.8. The zero-order valence-electron chi connectivity index (χ0n) is 16.7. The molecule has 1 fully saturated rings. The zero-order valence-corrected chi connectivity index (χ0v) is 16.7. The number of hydrogen-bond acceptors (Lipinski definition) is 4. The van der Waals surface area contributed by atoms with Crippen LogP contribution < -0.4 is 15.5 Å². The molecule has 0 bridgehead atoms. The Bertz CT molecular complexity index is 795. The van der Waals surface area contributed by atoms with Gasteiger partial charge in [0.15, 0.2) is 0 Å². The van der Waals surface area contributed by atoms with Gasteiger partial charge in [0.2, 0.25) is 0 Å². The number of aromatic nitrogens is 1. The van der Waals surface area contributed by atoms with Crippen molar-refractivity contribution in [3.63, 3.8) is 0 Å². The van der Waals surface area contributed by atoms with Crippen LogP contribution in [0.5, 0.6) is 0 Å². The van der Waals surface area contributed by atoms with Gasteiger partial charge in [0, 0.05) is 43.8 Å². The fourth-order valence-electron chi connectivity index (χ4n) is 3.15. The highest BCUT2D eigenvalue weighted by Gasteiger charge is 2.19. The van der Waals surface area contributed by atoms with Crippen molar-refractivity contribution in [3.8, 4) is 0 Å². The second kappa shape index (κ2) is 8.56. The number of anilines is 2. The lowest BCUT2D eigenvalue weighted by Crippen LogP contribution is -2.46. The number of hydrogen-bond donors (Lipinski definition) is 2. The summed E-state index contributed by atoms with van der Waals surface area (Å²) in [4.78, 5) is 20.9. The summed E-state index contributed by atoms with van der Waals surface area (Å²) in [5.41, 5.74) is 1.10. The molecule has 1 aliphatic heterocycles. The number of benzene rings is 1. The second-order valence-electron chi connectivity index (χ2n) is 8.09. The highest BCUT2D eigenvalue weighted by Crippen LogP contribution is 2.18. The number of rotatable bonds is 4. The lowest BCUT2D eigenvalue weighted by molar-refractivity contribution is 0.244. The molecule has 0 atom stereocenters. The molecule has 7 heteroatoms. The molecule has 6 nitrogen and oxygen atoms in total. The van der Waals surface area contributed by atoms with Crippen molar-refractivity contribution in [1.29, 1.82) is 0 Å². The Balaban J connectivity index is 1.50. The molecule has 2 heterocycles. The summed E-state index contributed by atoms with van der Waals surface area (Å²) in [6.07, 6.45) is 1.67. The van der Waals surface area contributed by atoms with Gasteiger partial charge in [-0.2, -0.15) is 0 Å². The largest absolute Gasteiger partial charge is 0.354 e. The van der Waals surface area contributed by atoms with Crippen molar-refractivity contribution in [2.45, 2.75) is 32.9 Å². The predicted octanol–water partition coefficient (Wildman–Crippen LogP) is 3.46. The van der Waals surface area contributed by atoms with E-state index in [1.807, 2.05) is 45.0 Å². The summed E-state index contributed by atoms with van der Waals surface area (Å²) in [7, 11) is 0. The van der Waals surface area contributed by atoms with E-state index in [4.69, 9.17) is 0 Å². The monoisotopic (exact) mass is 385 g/mol. The van der Waals surface area contributed by atoms with Gasteiger partial charge in [0.25, 0.3) is 0 Å². The molecule has 1 aliphatic rings. The number of amides is 2. The molecular formula is C21H28FN5O. The third-order valence-electron chi connectivity index (χ3n) is 4.54. The lowest BCUT2D eigenvalue weighted by Gasteiger charge is -2.35. The molecule has 1 aromatic carbocycles. The van der Waals surface area contributed by atoms with E-state index < -0.39 is 0 Å². The van der Waals surface area contributed by atoms with Crippen LogP contribution in [0.25, 0.3) is 0 Å². The minimum Gasteiger partial charge on any atom is -0.354 e. The van der Waals surface area contributed by atoms with E-state index in [1.165, 1.54) is 6.07 Å². The van der Waals surface area contributed by atoms with Gasteiger partial charge in [-0.15, -0.1) is 0 Å². The van der Waals surface area contributed by atoms with E-state index in [-0.39, 0.29) is 17.4 Å². The van der Waals surface area contributed by atoms with Crippen LogP contribution in [0, 0.1) is 5.82 Å². The van der Waals surface area contributed by atoms with E-state index in [0.717, 1.165) is 37.6 Å². The van der Waals surface area contributed by atoms with Crippen LogP contribution in [0.2, 0.25) is 0 Å². The third-order valence-corrected chi connectivity index (χ3v) is 4.54. The molecule has 2 aromatic rings. The smallest absolute Gasteiger partial charge is 0.319 e. The number of halogens is 1. The molecule has 0 aliphatic carbocycles. The van der Waals surface area contributed by atoms with E-state index in [9.17, 15) is 9.18 Å². The van der Waals surface area contributed by atoms with Gasteiger partial charge in [0.1, 0.15) is 11.6 Å². The van der Waals surface area contributed by atoms with Crippen LogP contribution in [0.1, 0.15) is 26.3 Å². The first kappa shape index (κ1) is 20.1. The van der Waals surface area contributed by atoms with Gasteiger partial charge in [-0.05, 0) is 39.0 Å². The maximum Gasteiger partial charge on any atom is 0.319 e. The van der Waals surface area contributed by atoms with E-state index in [0.29, 0.717) is 12.2 Å². The van der Waals surface area contributed by atoms with E-state index >= 15 is 0 Å². The summed E-state index contributed by atoms with van der Waals surface area (Å²) < 4.78 is 13.8. The Labute approximate surface area is 165 Å². The number of urea groups is 1. The minimum absolute atomic E-state index is 0.148. The normalized spacial score (nSPS) is 15.4. The van der Waals surface area contributed by atoms with Gasteiger partial charge in [0.05, 0.1) is 11.9 Å². The van der Waals surface area contributed by atoms with Gasteiger partial charge in [-0.1, -0.05) is 18.2 Å². The fourth-order valence-corrected chi connectivity index (χ4v) is 3.15. The topological polar surface area (TPSA) is 60.5 Å². The Morgan fingerprint density at radius 1 is 1.11 bits per heavy atom. The zero-order chi connectivity index (χ0) is 20.1. The Morgan fingerprint density at radius 3 is 2.43 bits per heavy atom. The summed E-state index contributed by atoms with van der Waals surface area (Å²) >= 11 is 0. The summed E-state index contributed by atoms with van der Waals surface area (Å²) in [5, 5.41) is 5.65. The van der Waals surface area contributed by atoms with Gasteiger partial charge in [-0.3, -0.25) is 4.90 Å². The van der Waals surface area contributed by atoms with Crippen LogP contribution >= 0.6 is 0 Å². The molecule has 1 saturated heterocycles. The molecule has 0 spiro atoms. The molecule has 0 radical (unpaired) electrons. The molecule has 2 amide bonds. The number of pyridine rings is 1. The van der Waals surface area contributed by atoms with Gasteiger partial charge in [-0.25, -0.2) is 14.2 Å². The third kappa shape index (κ3) is 5.66. The standard InChI is InChI=1S/C21H28FN5O/c1-21(2,3)25-20(28)24-17-8-9-19(23-14-17)27-12-10-26(11-13-27)15-16-6-4-5-7-18(16)22/h4-9,14H,10-13,15H2,1-3H3,(H2,24,25,28). The molecule has 0 saturated carbocycles. The molecule has 28 heavy (non-hydrogen) atoms. The van der Waals surface area contributed by atoms with Crippen molar-refractivity contribution in [1.82, 2.24) is 15.2 Å². The van der Waals surface area contributed by atoms with Gasteiger partial charge >= 0.3 is 6.03 Å². The van der Waals surface area contributed by atoms with Crippen LogP contribution in [0.15, 0.2) is 42.6 Å². The number of nitrogens with one attached hydrogen (secondary N) is 2. The van der Waals surface area contributed by atoms with E-state index in [2.05, 4.69) is 25.4 Å². The maximum absolute atomic E-state index is 13.8. The van der Waals surface area contributed by atoms with Crippen molar-refractivity contribution in [2.24, 2.45) is 0 Å². The molecule has 150 valence electrons. The average molecular weight is 385 g/mol. The Kier molecular flexibility index (Phi) is 6.14. The van der Waals surface area contributed by atoms with Crippen molar-refractivity contribution < 1.29 is 9.18 Å². The molecular weight excluding hydrogens is 357 g/mol. The van der Waals surface area contributed by atoms with Crippen molar-refractivity contribution >= 4 is 17.5 Å². The Hall–Kier alpha value is -2.67. The first-order chi connectivity index (χ1) is 13.3. The molecule has 0 unspecified atom stereocenters. The van der Waals surface area contributed by atoms with Crippen LogP contribution in [0.3, 0.4) is 0 Å². The van der Waals surface area contributed by atoms with Crippen LogP contribution in [0.4, 0.5) is 20.7 Å².